The van der Waals surface area contributed by atoms with E-state index in [1.165, 1.54) is 0 Å². The summed E-state index contributed by atoms with van der Waals surface area (Å²) < 4.78 is 16.4. The van der Waals surface area contributed by atoms with E-state index in [0.29, 0.717) is 37.3 Å². The number of methoxy groups -OCH3 is 1. The summed E-state index contributed by atoms with van der Waals surface area (Å²) in [7, 11) is 1.70. The number of morpholine rings is 1. The fourth-order valence-corrected chi connectivity index (χ4v) is 5.81. The first-order valence-corrected chi connectivity index (χ1v) is 16.6. The van der Waals surface area contributed by atoms with Gasteiger partial charge in [0, 0.05) is 57.9 Å². The molecule has 10 heteroatoms. The topological polar surface area (TPSA) is 135 Å². The lowest BCUT2D eigenvalue weighted by Gasteiger charge is -2.33. The van der Waals surface area contributed by atoms with E-state index in [-0.39, 0.29) is 41.5 Å². The average Bonchev–Trinajstić information content (AvgIpc) is 3.00. The summed E-state index contributed by atoms with van der Waals surface area (Å²) >= 11 is 0. The molecule has 44 heavy (non-hydrogen) atoms. The number of rotatable bonds is 21. The summed E-state index contributed by atoms with van der Waals surface area (Å²) in [6.45, 7) is 16.0. The number of carbonyl (C=O) groups is 2. The van der Waals surface area contributed by atoms with Crippen molar-refractivity contribution in [2.75, 3.05) is 59.7 Å². The Labute approximate surface area is 265 Å². The van der Waals surface area contributed by atoms with Crippen LogP contribution in [0.2, 0.25) is 0 Å². The van der Waals surface area contributed by atoms with Crippen molar-refractivity contribution in [3.63, 3.8) is 0 Å². The maximum Gasteiger partial charge on any atom is 0.255 e. The quantitative estimate of drug-likeness (QED) is 0.154. The van der Waals surface area contributed by atoms with Gasteiger partial charge in [-0.3, -0.25) is 14.5 Å². The molecule has 1 aliphatic heterocycles. The van der Waals surface area contributed by atoms with Crippen LogP contribution in [0.3, 0.4) is 0 Å². The van der Waals surface area contributed by atoms with Crippen molar-refractivity contribution in [1.82, 2.24) is 15.5 Å². The molecule has 0 bridgehead atoms. The van der Waals surface area contributed by atoms with E-state index < -0.39 is 12.1 Å². The average molecular weight is 621 g/mol. The highest BCUT2D eigenvalue weighted by molar-refractivity contribution is 5.97. The highest BCUT2D eigenvalue weighted by atomic mass is 16.5. The SMILES string of the molecule is COCCCCCOc1ccccc1C(=O)NC(C)C(CC(N)C(O)CC(C(=O)NCCN1CCOCC1)C(C)C)C(C)C. The molecule has 0 saturated carbocycles. The lowest BCUT2D eigenvalue weighted by molar-refractivity contribution is -0.127. The molecule has 2 rings (SSSR count). The molecule has 1 heterocycles. The highest BCUT2D eigenvalue weighted by Gasteiger charge is 2.32. The summed E-state index contributed by atoms with van der Waals surface area (Å²) in [5.74, 6) is 0.292. The van der Waals surface area contributed by atoms with Gasteiger partial charge in [0.2, 0.25) is 5.91 Å². The summed E-state index contributed by atoms with van der Waals surface area (Å²) in [5.41, 5.74) is 7.07. The lowest BCUT2D eigenvalue weighted by Crippen LogP contribution is -2.47. The fraction of sp³-hybridized carbons (Fsp3) is 0.765. The number of para-hydroxylation sites is 1. The van der Waals surface area contributed by atoms with Crippen LogP contribution >= 0.6 is 0 Å². The van der Waals surface area contributed by atoms with E-state index in [0.717, 1.165) is 58.7 Å². The number of unbranched alkanes of at least 4 members (excludes halogenated alkanes) is 2. The van der Waals surface area contributed by atoms with E-state index in [9.17, 15) is 14.7 Å². The molecule has 10 nitrogen and oxygen atoms in total. The molecule has 0 spiro atoms. The van der Waals surface area contributed by atoms with Gasteiger partial charge in [-0.25, -0.2) is 0 Å². The van der Waals surface area contributed by atoms with Crippen LogP contribution in [-0.2, 0) is 14.3 Å². The van der Waals surface area contributed by atoms with Crippen molar-refractivity contribution in [3.8, 4) is 5.75 Å². The van der Waals surface area contributed by atoms with Crippen LogP contribution in [0.5, 0.6) is 5.75 Å². The Morgan fingerprint density at radius 3 is 2.34 bits per heavy atom. The second-order valence-corrected chi connectivity index (χ2v) is 12.9. The van der Waals surface area contributed by atoms with Gasteiger partial charge in [0.1, 0.15) is 5.75 Å². The summed E-state index contributed by atoms with van der Waals surface area (Å²) in [5, 5.41) is 17.4. The van der Waals surface area contributed by atoms with Crippen molar-refractivity contribution in [2.45, 2.75) is 84.9 Å². The van der Waals surface area contributed by atoms with Crippen LogP contribution < -0.4 is 21.1 Å². The van der Waals surface area contributed by atoms with Crippen molar-refractivity contribution in [3.05, 3.63) is 29.8 Å². The van der Waals surface area contributed by atoms with E-state index >= 15 is 0 Å². The summed E-state index contributed by atoms with van der Waals surface area (Å²) in [6.07, 6.45) is 2.84. The number of carbonyl (C=O) groups excluding carboxylic acids is 2. The standard InChI is InChI=1S/C34H60N4O6/c1-24(2)28(26(5)37-34(41)27-12-8-9-13-32(27)44-19-11-7-10-18-42-6)22-30(35)31(39)23-29(25(3)4)33(40)36-14-15-38-16-20-43-21-17-38/h8-9,12-13,24-26,28-31,39H,7,10-11,14-23,35H2,1-6H3,(H,36,40)(H,37,41). The first kappa shape index (κ1) is 37.9. The minimum Gasteiger partial charge on any atom is -0.493 e. The van der Waals surface area contributed by atoms with Crippen LogP contribution in [0.15, 0.2) is 24.3 Å². The molecule has 5 atom stereocenters. The van der Waals surface area contributed by atoms with Gasteiger partial charge in [0.05, 0.1) is 31.5 Å². The Morgan fingerprint density at radius 1 is 1.00 bits per heavy atom. The van der Waals surface area contributed by atoms with Crippen molar-refractivity contribution in [2.24, 2.45) is 29.4 Å². The zero-order chi connectivity index (χ0) is 32.5. The van der Waals surface area contributed by atoms with Crippen LogP contribution in [-0.4, -0.2) is 99.7 Å². The molecule has 1 aliphatic rings. The van der Waals surface area contributed by atoms with Crippen LogP contribution in [0, 0.1) is 23.7 Å². The van der Waals surface area contributed by atoms with Crippen LogP contribution in [0.4, 0.5) is 0 Å². The third-order valence-corrected chi connectivity index (χ3v) is 8.75. The largest absolute Gasteiger partial charge is 0.493 e. The monoisotopic (exact) mass is 620 g/mol. The number of aliphatic hydroxyl groups is 1. The molecular formula is C34H60N4O6. The number of nitrogens with two attached hydrogens (primary N) is 1. The van der Waals surface area contributed by atoms with Gasteiger partial charge in [-0.05, 0) is 68.9 Å². The van der Waals surface area contributed by atoms with Crippen molar-refractivity contribution in [1.29, 1.82) is 0 Å². The molecule has 252 valence electrons. The van der Waals surface area contributed by atoms with Gasteiger partial charge in [0.15, 0.2) is 0 Å². The van der Waals surface area contributed by atoms with E-state index in [4.69, 9.17) is 19.9 Å². The molecule has 1 fully saturated rings. The van der Waals surface area contributed by atoms with E-state index in [1.54, 1.807) is 13.2 Å². The third kappa shape index (κ3) is 13.4. The van der Waals surface area contributed by atoms with Gasteiger partial charge >= 0.3 is 0 Å². The fourth-order valence-electron chi connectivity index (χ4n) is 5.81. The maximum absolute atomic E-state index is 13.3. The second-order valence-electron chi connectivity index (χ2n) is 12.9. The van der Waals surface area contributed by atoms with Gasteiger partial charge in [-0.15, -0.1) is 0 Å². The zero-order valence-corrected chi connectivity index (χ0v) is 28.1. The Morgan fingerprint density at radius 2 is 1.68 bits per heavy atom. The highest BCUT2D eigenvalue weighted by Crippen LogP contribution is 2.26. The summed E-state index contributed by atoms with van der Waals surface area (Å²) in [4.78, 5) is 28.7. The molecule has 1 saturated heterocycles. The molecule has 0 radical (unpaired) electrons. The van der Waals surface area contributed by atoms with Gasteiger partial charge in [-0.2, -0.15) is 0 Å². The minimum atomic E-state index is -0.838. The zero-order valence-electron chi connectivity index (χ0n) is 28.1. The number of hydrogen-bond acceptors (Lipinski definition) is 8. The number of nitrogens with one attached hydrogen (secondary N) is 2. The third-order valence-electron chi connectivity index (χ3n) is 8.75. The number of ether oxygens (including phenoxy) is 3. The molecule has 5 N–H and O–H groups in total. The van der Waals surface area contributed by atoms with Crippen LogP contribution in [0.25, 0.3) is 0 Å². The minimum absolute atomic E-state index is 0.0253. The lowest BCUT2D eigenvalue weighted by atomic mass is 9.80. The van der Waals surface area contributed by atoms with E-state index in [2.05, 4.69) is 29.4 Å². The number of amides is 2. The molecule has 1 aromatic rings. The molecule has 2 amide bonds. The Kier molecular flexibility index (Phi) is 17.9. The van der Waals surface area contributed by atoms with Gasteiger partial charge in [0.25, 0.3) is 5.91 Å². The Hall–Kier alpha value is -2.24. The number of benzene rings is 1. The predicted octanol–water partition coefficient (Wildman–Crippen LogP) is 3.46. The van der Waals surface area contributed by atoms with Crippen LogP contribution in [0.1, 0.15) is 77.1 Å². The predicted molar refractivity (Wildman–Crippen MR) is 175 cm³/mol. The maximum atomic E-state index is 13.3. The molecule has 1 aromatic carbocycles. The number of hydrogen-bond donors (Lipinski definition) is 4. The first-order chi connectivity index (χ1) is 21.0. The summed E-state index contributed by atoms with van der Waals surface area (Å²) in [6, 6.07) is 6.59. The molecule has 0 aliphatic carbocycles. The van der Waals surface area contributed by atoms with E-state index in [1.807, 2.05) is 39.0 Å². The Bertz CT molecular complexity index is 955. The molecular weight excluding hydrogens is 560 g/mol. The Balaban J connectivity index is 1.91. The van der Waals surface area contributed by atoms with Gasteiger partial charge in [-0.1, -0.05) is 39.8 Å². The van der Waals surface area contributed by atoms with Crippen molar-refractivity contribution < 1.29 is 28.9 Å². The normalized spacial score (nSPS) is 17.6. The number of aliphatic hydroxyl groups excluding tert-OH is 1. The van der Waals surface area contributed by atoms with Crippen molar-refractivity contribution >= 4 is 11.8 Å². The van der Waals surface area contributed by atoms with Gasteiger partial charge < -0.3 is 35.7 Å². The smallest absolute Gasteiger partial charge is 0.255 e. The molecule has 0 aromatic heterocycles. The molecule has 5 unspecified atom stereocenters. The number of nitrogens with zero attached hydrogens (tertiary/aromatic N) is 1. The first-order valence-electron chi connectivity index (χ1n) is 16.6. The second kappa shape index (κ2) is 20.7.